The second-order valence-corrected chi connectivity index (χ2v) is 8.40. The molecule has 24 heavy (non-hydrogen) atoms. The van der Waals surface area contributed by atoms with E-state index in [-0.39, 0.29) is 11.6 Å². The lowest BCUT2D eigenvalue weighted by Gasteiger charge is -2.34. The third-order valence-corrected chi connectivity index (χ3v) is 5.96. The smallest absolute Gasteiger partial charge is 0.304 e. The van der Waals surface area contributed by atoms with Crippen molar-refractivity contribution in [2.45, 2.75) is 19.8 Å². The van der Waals surface area contributed by atoms with Crippen LogP contribution in [0.1, 0.15) is 19.8 Å². The van der Waals surface area contributed by atoms with Gasteiger partial charge in [0.05, 0.1) is 5.69 Å². The van der Waals surface area contributed by atoms with Gasteiger partial charge in [0.15, 0.2) is 0 Å². The molecule has 0 aromatic heterocycles. The van der Waals surface area contributed by atoms with Crippen LogP contribution in [0.3, 0.4) is 0 Å². The van der Waals surface area contributed by atoms with Crippen molar-refractivity contribution in [1.82, 2.24) is 9.21 Å². The molecular formula is C16H24FN3O3S. The van der Waals surface area contributed by atoms with Gasteiger partial charge in [-0.05, 0) is 30.9 Å². The number of rotatable bonds is 5. The van der Waals surface area contributed by atoms with Gasteiger partial charge in [-0.3, -0.25) is 4.79 Å². The SMILES string of the molecule is C[C@H]1CCCN(C(=O)CN(c2ccccc2F)S(=O)(=O)N(C)C)C1. The van der Waals surface area contributed by atoms with Crippen molar-refractivity contribution in [2.75, 3.05) is 38.0 Å². The highest BCUT2D eigenvalue weighted by atomic mass is 32.2. The fraction of sp³-hybridized carbons (Fsp3) is 0.562. The third kappa shape index (κ3) is 4.05. The quantitative estimate of drug-likeness (QED) is 0.806. The van der Waals surface area contributed by atoms with Crippen molar-refractivity contribution in [2.24, 2.45) is 5.92 Å². The van der Waals surface area contributed by atoms with Crippen LogP contribution in [0.15, 0.2) is 24.3 Å². The molecule has 0 radical (unpaired) electrons. The monoisotopic (exact) mass is 357 g/mol. The van der Waals surface area contributed by atoms with Crippen molar-refractivity contribution in [1.29, 1.82) is 0 Å². The number of carbonyl (C=O) groups is 1. The van der Waals surface area contributed by atoms with E-state index in [1.54, 1.807) is 11.0 Å². The van der Waals surface area contributed by atoms with E-state index in [4.69, 9.17) is 0 Å². The largest absolute Gasteiger partial charge is 0.341 e. The molecule has 0 unspecified atom stereocenters. The Morgan fingerprint density at radius 3 is 2.58 bits per heavy atom. The molecule has 1 aliphatic rings. The number of para-hydroxylation sites is 1. The molecule has 0 N–H and O–H groups in total. The van der Waals surface area contributed by atoms with Gasteiger partial charge in [0, 0.05) is 27.2 Å². The molecule has 1 heterocycles. The van der Waals surface area contributed by atoms with Gasteiger partial charge >= 0.3 is 10.2 Å². The minimum Gasteiger partial charge on any atom is -0.341 e. The average Bonchev–Trinajstić information content (AvgIpc) is 2.53. The number of carbonyl (C=O) groups excluding carboxylic acids is 1. The van der Waals surface area contributed by atoms with Crippen molar-refractivity contribution >= 4 is 21.8 Å². The number of likely N-dealkylation sites (tertiary alicyclic amines) is 1. The molecule has 1 saturated heterocycles. The van der Waals surface area contributed by atoms with Gasteiger partial charge in [-0.2, -0.15) is 12.7 Å². The Hall–Kier alpha value is -1.67. The molecule has 6 nitrogen and oxygen atoms in total. The van der Waals surface area contributed by atoms with E-state index < -0.39 is 22.6 Å². The summed E-state index contributed by atoms with van der Waals surface area (Å²) in [4.78, 5) is 14.2. The summed E-state index contributed by atoms with van der Waals surface area (Å²) in [6.07, 6.45) is 1.95. The van der Waals surface area contributed by atoms with Gasteiger partial charge in [0.1, 0.15) is 12.4 Å². The third-order valence-electron chi connectivity index (χ3n) is 4.15. The fourth-order valence-corrected chi connectivity index (χ4v) is 3.85. The predicted molar refractivity (Wildman–Crippen MR) is 91.3 cm³/mol. The van der Waals surface area contributed by atoms with E-state index in [1.165, 1.54) is 32.3 Å². The summed E-state index contributed by atoms with van der Waals surface area (Å²) in [5.41, 5.74) is -0.121. The van der Waals surface area contributed by atoms with Crippen LogP contribution >= 0.6 is 0 Å². The number of hydrogen-bond donors (Lipinski definition) is 0. The molecule has 2 rings (SSSR count). The maximum Gasteiger partial charge on any atom is 0.304 e. The van der Waals surface area contributed by atoms with Gasteiger partial charge in [0.25, 0.3) is 0 Å². The highest BCUT2D eigenvalue weighted by Gasteiger charge is 2.31. The Morgan fingerprint density at radius 1 is 1.33 bits per heavy atom. The number of anilines is 1. The van der Waals surface area contributed by atoms with E-state index in [2.05, 4.69) is 6.92 Å². The average molecular weight is 357 g/mol. The first-order valence-electron chi connectivity index (χ1n) is 7.96. The molecule has 8 heteroatoms. The van der Waals surface area contributed by atoms with E-state index in [0.717, 1.165) is 21.5 Å². The topological polar surface area (TPSA) is 60.9 Å². The minimum atomic E-state index is -3.98. The Labute approximate surface area is 143 Å². The second kappa shape index (κ2) is 7.48. The normalized spacial score (nSPS) is 18.7. The van der Waals surface area contributed by atoms with Crippen LogP contribution in [0, 0.1) is 11.7 Å². The number of nitrogens with zero attached hydrogens (tertiary/aromatic N) is 3. The molecule has 0 spiro atoms. The molecule has 1 atom stereocenters. The lowest BCUT2D eigenvalue weighted by atomic mass is 10.0. The molecule has 1 amide bonds. The first kappa shape index (κ1) is 18.7. The van der Waals surface area contributed by atoms with Gasteiger partial charge in [-0.25, -0.2) is 8.70 Å². The molecular weight excluding hydrogens is 333 g/mol. The van der Waals surface area contributed by atoms with Gasteiger partial charge in [0.2, 0.25) is 5.91 Å². The van der Waals surface area contributed by atoms with Gasteiger partial charge < -0.3 is 4.90 Å². The molecule has 1 aliphatic heterocycles. The molecule has 0 bridgehead atoms. The highest BCUT2D eigenvalue weighted by molar-refractivity contribution is 7.90. The van der Waals surface area contributed by atoms with Crippen LogP contribution in [0.25, 0.3) is 0 Å². The highest BCUT2D eigenvalue weighted by Crippen LogP contribution is 2.24. The Kier molecular flexibility index (Phi) is 5.82. The summed E-state index contributed by atoms with van der Waals surface area (Å²) in [5, 5.41) is 0. The van der Waals surface area contributed by atoms with E-state index in [0.29, 0.717) is 19.0 Å². The van der Waals surface area contributed by atoms with E-state index in [1.807, 2.05) is 0 Å². The zero-order valence-corrected chi connectivity index (χ0v) is 15.1. The number of benzene rings is 1. The van der Waals surface area contributed by atoms with Crippen molar-refractivity contribution < 1.29 is 17.6 Å². The molecule has 1 fully saturated rings. The summed E-state index contributed by atoms with van der Waals surface area (Å²) in [7, 11) is -1.27. The Balaban J connectivity index is 2.30. The lowest BCUT2D eigenvalue weighted by Crippen LogP contribution is -2.49. The van der Waals surface area contributed by atoms with Crippen molar-refractivity contribution in [3.05, 3.63) is 30.1 Å². The number of amides is 1. The van der Waals surface area contributed by atoms with Crippen LogP contribution in [0.2, 0.25) is 0 Å². The summed E-state index contributed by atoms with van der Waals surface area (Å²) in [5.74, 6) is -0.604. The maximum absolute atomic E-state index is 14.1. The number of halogens is 1. The second-order valence-electron chi connectivity index (χ2n) is 6.34. The summed E-state index contributed by atoms with van der Waals surface area (Å²) < 4.78 is 41.1. The first-order valence-corrected chi connectivity index (χ1v) is 9.35. The van der Waals surface area contributed by atoms with Gasteiger partial charge in [-0.1, -0.05) is 19.1 Å². The summed E-state index contributed by atoms with van der Waals surface area (Å²) >= 11 is 0. The zero-order chi connectivity index (χ0) is 17.9. The predicted octanol–water partition coefficient (Wildman–Crippen LogP) is 1.70. The van der Waals surface area contributed by atoms with E-state index >= 15 is 0 Å². The summed E-state index contributed by atoms with van der Waals surface area (Å²) in [6, 6.07) is 5.57. The van der Waals surface area contributed by atoms with Crippen molar-refractivity contribution in [3.63, 3.8) is 0 Å². The van der Waals surface area contributed by atoms with Crippen LogP contribution < -0.4 is 4.31 Å². The number of hydrogen-bond acceptors (Lipinski definition) is 3. The van der Waals surface area contributed by atoms with Crippen LogP contribution in [0.4, 0.5) is 10.1 Å². The minimum absolute atomic E-state index is 0.121. The maximum atomic E-state index is 14.1. The first-order chi connectivity index (χ1) is 11.2. The van der Waals surface area contributed by atoms with Crippen LogP contribution in [0.5, 0.6) is 0 Å². The Morgan fingerprint density at radius 2 is 2.00 bits per heavy atom. The standard InChI is InChI=1S/C16H24FN3O3S/c1-13-7-6-10-19(11-13)16(21)12-20(24(22,23)18(2)3)15-9-5-4-8-14(15)17/h4-5,8-9,13H,6-7,10-12H2,1-3H3/t13-/m0/s1. The Bertz CT molecular complexity index is 694. The van der Waals surface area contributed by atoms with Crippen LogP contribution in [-0.4, -0.2) is 57.3 Å². The molecule has 0 saturated carbocycles. The molecule has 134 valence electrons. The molecule has 1 aromatic carbocycles. The van der Waals surface area contributed by atoms with Crippen LogP contribution in [-0.2, 0) is 15.0 Å². The van der Waals surface area contributed by atoms with Crippen molar-refractivity contribution in [3.8, 4) is 0 Å². The number of piperidine rings is 1. The molecule has 1 aromatic rings. The molecule has 0 aliphatic carbocycles. The zero-order valence-electron chi connectivity index (χ0n) is 14.3. The summed E-state index contributed by atoms with van der Waals surface area (Å²) in [6.45, 7) is 2.86. The van der Waals surface area contributed by atoms with Gasteiger partial charge in [-0.15, -0.1) is 0 Å². The fourth-order valence-electron chi connectivity index (χ4n) is 2.78. The van der Waals surface area contributed by atoms with E-state index in [9.17, 15) is 17.6 Å². The lowest BCUT2D eigenvalue weighted by molar-refractivity contribution is -0.131.